The average Bonchev–Trinajstić information content (AvgIpc) is 2.75. The molecule has 0 unspecified atom stereocenters. The molecule has 0 heterocycles. The van der Waals surface area contributed by atoms with E-state index in [-0.39, 0.29) is 22.6 Å². The molecule has 30 heavy (non-hydrogen) atoms. The molecule has 0 aliphatic heterocycles. The number of esters is 1. The molecular weight excluding hydrogens is 412 g/mol. The molecule has 3 aromatic carbocycles. The predicted octanol–water partition coefficient (Wildman–Crippen LogP) is 2.83. The fourth-order valence-corrected chi connectivity index (χ4v) is 2.86. The van der Waals surface area contributed by atoms with Gasteiger partial charge in [0, 0.05) is 5.02 Å². The molecule has 9 heteroatoms. The van der Waals surface area contributed by atoms with Crippen LogP contribution in [0, 0.1) is 0 Å². The Hall–Kier alpha value is -3.78. The molecule has 0 fully saturated rings. The maximum Gasteiger partial charge on any atom is 0.342 e. The van der Waals surface area contributed by atoms with Crippen LogP contribution in [0.5, 0.6) is 11.5 Å². The monoisotopic (exact) mass is 428 g/mol. The first-order chi connectivity index (χ1) is 14.4. The molecule has 0 bridgehead atoms. The number of rotatable bonds is 5. The molecule has 0 aliphatic rings. The van der Waals surface area contributed by atoms with Crippen molar-refractivity contribution in [3.63, 3.8) is 0 Å². The largest absolute Gasteiger partial charge is 0.507 e. The van der Waals surface area contributed by atoms with Crippen LogP contribution in [-0.2, 0) is 9.53 Å². The Morgan fingerprint density at radius 2 is 1.67 bits per heavy atom. The maximum absolute atomic E-state index is 12.2. The fourth-order valence-electron chi connectivity index (χ4n) is 2.69. The van der Waals surface area contributed by atoms with Crippen LogP contribution in [0.25, 0.3) is 10.8 Å². The summed E-state index contributed by atoms with van der Waals surface area (Å²) in [7, 11) is 1.39. The number of nitrogens with one attached hydrogen (secondary N) is 2. The van der Waals surface area contributed by atoms with E-state index >= 15 is 0 Å². The normalized spacial score (nSPS) is 10.3. The second kappa shape index (κ2) is 9.15. The quantitative estimate of drug-likeness (QED) is 0.425. The standard InChI is InChI=1S/C21H17ClN2O6/c1-29-18-7-6-14(22)10-16(18)20(27)24-23-19(26)11-30-21(28)15-8-12-4-2-3-5-13(12)9-17(15)25/h2-10,25H,11H2,1H3,(H,23,26)(H,24,27). The van der Waals surface area contributed by atoms with Gasteiger partial charge in [0.05, 0.1) is 12.7 Å². The van der Waals surface area contributed by atoms with Crippen LogP contribution in [0.1, 0.15) is 20.7 Å². The van der Waals surface area contributed by atoms with Gasteiger partial charge in [-0.25, -0.2) is 4.79 Å². The molecule has 3 N–H and O–H groups in total. The van der Waals surface area contributed by atoms with Crippen LogP contribution < -0.4 is 15.6 Å². The minimum atomic E-state index is -0.878. The third kappa shape index (κ3) is 4.79. The number of hydrazine groups is 1. The minimum Gasteiger partial charge on any atom is -0.507 e. The van der Waals surface area contributed by atoms with Gasteiger partial charge in [0.2, 0.25) is 0 Å². The van der Waals surface area contributed by atoms with E-state index in [1.54, 1.807) is 30.3 Å². The zero-order valence-corrected chi connectivity index (χ0v) is 16.5. The fraction of sp³-hybridized carbons (Fsp3) is 0.0952. The molecule has 0 aromatic heterocycles. The molecule has 0 atom stereocenters. The third-order valence-corrected chi connectivity index (χ3v) is 4.37. The van der Waals surface area contributed by atoms with E-state index in [2.05, 4.69) is 10.9 Å². The second-order valence-corrected chi connectivity index (χ2v) is 6.58. The summed E-state index contributed by atoms with van der Waals surface area (Å²) >= 11 is 5.87. The Kier molecular flexibility index (Phi) is 6.38. The van der Waals surface area contributed by atoms with Crippen LogP contribution in [-0.4, -0.2) is 36.6 Å². The molecule has 0 radical (unpaired) electrons. The van der Waals surface area contributed by atoms with Crippen molar-refractivity contribution in [3.8, 4) is 11.5 Å². The number of carbonyl (C=O) groups excluding carboxylic acids is 3. The Labute approximate surface area is 176 Å². The van der Waals surface area contributed by atoms with E-state index < -0.39 is 24.4 Å². The zero-order valence-electron chi connectivity index (χ0n) is 15.8. The first kappa shape index (κ1) is 20.9. The molecule has 2 amide bonds. The van der Waals surface area contributed by atoms with E-state index in [0.717, 1.165) is 10.8 Å². The smallest absolute Gasteiger partial charge is 0.342 e. The van der Waals surface area contributed by atoms with Gasteiger partial charge in [-0.1, -0.05) is 35.9 Å². The highest BCUT2D eigenvalue weighted by Gasteiger charge is 2.17. The van der Waals surface area contributed by atoms with Crippen molar-refractivity contribution in [1.82, 2.24) is 10.9 Å². The highest BCUT2D eigenvalue weighted by atomic mass is 35.5. The lowest BCUT2D eigenvalue weighted by atomic mass is 10.1. The van der Waals surface area contributed by atoms with Crippen molar-refractivity contribution in [2.24, 2.45) is 0 Å². The predicted molar refractivity (Wildman–Crippen MR) is 110 cm³/mol. The highest BCUT2D eigenvalue weighted by molar-refractivity contribution is 6.31. The summed E-state index contributed by atoms with van der Waals surface area (Å²) in [5, 5.41) is 11.8. The lowest BCUT2D eigenvalue weighted by molar-refractivity contribution is -0.125. The number of carbonyl (C=O) groups is 3. The van der Waals surface area contributed by atoms with E-state index in [1.165, 1.54) is 31.4 Å². The molecule has 0 aliphatic carbocycles. The zero-order chi connectivity index (χ0) is 21.7. The molecule has 8 nitrogen and oxygen atoms in total. The van der Waals surface area contributed by atoms with Gasteiger partial charge in [-0.3, -0.25) is 20.4 Å². The van der Waals surface area contributed by atoms with Gasteiger partial charge in [-0.15, -0.1) is 0 Å². The van der Waals surface area contributed by atoms with Gasteiger partial charge in [0.25, 0.3) is 11.8 Å². The first-order valence-electron chi connectivity index (χ1n) is 8.70. The third-order valence-electron chi connectivity index (χ3n) is 4.14. The second-order valence-electron chi connectivity index (χ2n) is 6.14. The van der Waals surface area contributed by atoms with E-state index in [4.69, 9.17) is 21.1 Å². The van der Waals surface area contributed by atoms with E-state index in [9.17, 15) is 19.5 Å². The minimum absolute atomic E-state index is 0.0748. The van der Waals surface area contributed by atoms with Gasteiger partial charge in [0.15, 0.2) is 6.61 Å². The number of benzene rings is 3. The van der Waals surface area contributed by atoms with Crippen molar-refractivity contribution in [1.29, 1.82) is 0 Å². The number of methoxy groups -OCH3 is 1. The Bertz CT molecular complexity index is 1130. The van der Waals surface area contributed by atoms with Gasteiger partial charge < -0.3 is 14.6 Å². The molecule has 3 rings (SSSR count). The number of phenols is 1. The summed E-state index contributed by atoms with van der Waals surface area (Å²) in [5.41, 5.74) is 4.35. The number of hydrogen-bond acceptors (Lipinski definition) is 6. The number of ether oxygens (including phenoxy) is 2. The SMILES string of the molecule is COc1ccc(Cl)cc1C(=O)NNC(=O)COC(=O)c1cc2ccccc2cc1O. The molecule has 0 saturated carbocycles. The number of hydrogen-bond donors (Lipinski definition) is 3. The van der Waals surface area contributed by atoms with Gasteiger partial charge in [-0.05, 0) is 41.1 Å². The van der Waals surface area contributed by atoms with Crippen molar-refractivity contribution in [2.75, 3.05) is 13.7 Å². The van der Waals surface area contributed by atoms with Gasteiger partial charge in [-0.2, -0.15) is 0 Å². The van der Waals surface area contributed by atoms with Crippen LogP contribution in [0.15, 0.2) is 54.6 Å². The average molecular weight is 429 g/mol. The van der Waals surface area contributed by atoms with Crippen molar-refractivity contribution in [2.45, 2.75) is 0 Å². The summed E-state index contributed by atoms with van der Waals surface area (Å²) < 4.78 is 9.99. The van der Waals surface area contributed by atoms with Crippen LogP contribution in [0.2, 0.25) is 5.02 Å². The number of phenolic OH excluding ortho intramolecular Hbond substituents is 1. The van der Waals surface area contributed by atoms with Crippen molar-refractivity contribution >= 4 is 40.2 Å². The number of fused-ring (bicyclic) bond motifs is 1. The summed E-state index contributed by atoms with van der Waals surface area (Å²) in [6.45, 7) is -0.669. The Morgan fingerprint density at radius 3 is 2.37 bits per heavy atom. The van der Waals surface area contributed by atoms with Gasteiger partial charge >= 0.3 is 5.97 Å². The lowest BCUT2D eigenvalue weighted by Gasteiger charge is -2.11. The number of amides is 2. The van der Waals surface area contributed by atoms with Crippen molar-refractivity contribution in [3.05, 3.63) is 70.7 Å². The maximum atomic E-state index is 12.2. The summed E-state index contributed by atoms with van der Waals surface area (Å²) in [6, 6.07) is 14.5. The van der Waals surface area contributed by atoms with E-state index in [0.29, 0.717) is 5.02 Å². The van der Waals surface area contributed by atoms with Gasteiger partial charge in [0.1, 0.15) is 17.1 Å². The lowest BCUT2D eigenvalue weighted by Crippen LogP contribution is -2.43. The Morgan fingerprint density at radius 1 is 0.967 bits per heavy atom. The van der Waals surface area contributed by atoms with Crippen molar-refractivity contribution < 1.29 is 29.0 Å². The number of aromatic hydroxyl groups is 1. The molecular formula is C21H17ClN2O6. The Balaban J connectivity index is 1.57. The summed E-state index contributed by atoms with van der Waals surface area (Å²) in [6.07, 6.45) is 0. The topological polar surface area (TPSA) is 114 Å². The molecule has 0 spiro atoms. The summed E-state index contributed by atoms with van der Waals surface area (Å²) in [4.78, 5) is 36.3. The number of halogens is 1. The molecule has 154 valence electrons. The molecule has 3 aromatic rings. The first-order valence-corrected chi connectivity index (χ1v) is 9.08. The van der Waals surface area contributed by atoms with Crippen LogP contribution >= 0.6 is 11.6 Å². The van der Waals surface area contributed by atoms with Crippen LogP contribution in [0.3, 0.4) is 0 Å². The molecule has 0 saturated heterocycles. The van der Waals surface area contributed by atoms with E-state index in [1.807, 2.05) is 0 Å². The highest BCUT2D eigenvalue weighted by Crippen LogP contribution is 2.25. The summed E-state index contributed by atoms with van der Waals surface area (Å²) in [5.74, 6) is -2.32. The van der Waals surface area contributed by atoms with Crippen LogP contribution in [0.4, 0.5) is 0 Å².